The Morgan fingerprint density at radius 3 is 2.42 bits per heavy atom. The lowest BCUT2D eigenvalue weighted by Crippen LogP contribution is -2.60. The molecule has 0 spiro atoms. The standard InChI is InChI=1S/C23H23F2N5O3/c24-17-10-6-11-18(25)20(17)29-22(32)30(27-26-29)21(31)28-14-13-23(33,15-7-2-1-3-8-15)16-9-4-5-12-19(16)28/h1-3,6-8,10-11,16,19,33H,4-5,9,12-14H2/t16-,19-,23+/m1/s1. The summed E-state index contributed by atoms with van der Waals surface area (Å²) in [5.41, 5.74) is -2.01. The molecule has 2 fully saturated rings. The zero-order valence-corrected chi connectivity index (χ0v) is 17.8. The van der Waals surface area contributed by atoms with Gasteiger partial charge in [-0.15, -0.1) is 4.68 Å². The van der Waals surface area contributed by atoms with Gasteiger partial charge >= 0.3 is 11.7 Å². The number of hydrogen-bond donors (Lipinski definition) is 1. The lowest BCUT2D eigenvalue weighted by Gasteiger charge is -2.52. The fraction of sp³-hybridized carbons (Fsp3) is 0.391. The first-order chi connectivity index (χ1) is 15.9. The molecule has 33 heavy (non-hydrogen) atoms. The van der Waals surface area contributed by atoms with Crippen LogP contribution >= 0.6 is 0 Å². The van der Waals surface area contributed by atoms with E-state index in [-0.39, 0.29) is 18.5 Å². The summed E-state index contributed by atoms with van der Waals surface area (Å²) in [4.78, 5) is 27.7. The molecule has 0 unspecified atom stereocenters. The van der Waals surface area contributed by atoms with Crippen molar-refractivity contribution in [3.63, 3.8) is 0 Å². The van der Waals surface area contributed by atoms with Crippen LogP contribution in [-0.2, 0) is 5.60 Å². The van der Waals surface area contributed by atoms with Gasteiger partial charge in [-0.25, -0.2) is 18.4 Å². The van der Waals surface area contributed by atoms with Crippen molar-refractivity contribution in [1.29, 1.82) is 0 Å². The number of amides is 1. The van der Waals surface area contributed by atoms with Crippen molar-refractivity contribution >= 4 is 6.03 Å². The molecule has 2 aromatic carbocycles. The minimum Gasteiger partial charge on any atom is -0.385 e. The maximum absolute atomic E-state index is 14.1. The van der Waals surface area contributed by atoms with E-state index < -0.39 is 34.6 Å². The van der Waals surface area contributed by atoms with Crippen LogP contribution in [0.4, 0.5) is 13.6 Å². The number of halogens is 2. The number of benzene rings is 2. The molecule has 5 rings (SSSR count). The normalized spacial score (nSPS) is 25.0. The number of carbonyl (C=O) groups is 1. The van der Waals surface area contributed by atoms with Crippen molar-refractivity contribution in [2.45, 2.75) is 43.7 Å². The summed E-state index contributed by atoms with van der Waals surface area (Å²) in [5.74, 6) is -2.19. The Balaban J connectivity index is 1.48. The number of para-hydroxylation sites is 1. The molecular formula is C23H23F2N5O3. The summed E-state index contributed by atoms with van der Waals surface area (Å²) in [6.45, 7) is 0.207. The summed E-state index contributed by atoms with van der Waals surface area (Å²) in [6, 6.07) is 11.6. The molecule has 1 amide bonds. The number of fused-ring (bicyclic) bond motifs is 1. The van der Waals surface area contributed by atoms with Crippen LogP contribution in [0.2, 0.25) is 0 Å². The molecule has 3 atom stereocenters. The third-order valence-corrected chi connectivity index (χ3v) is 6.91. The molecular weight excluding hydrogens is 432 g/mol. The number of nitrogens with zero attached hydrogens (tertiary/aromatic N) is 5. The lowest BCUT2D eigenvalue weighted by atomic mass is 9.66. The molecule has 1 aromatic heterocycles. The highest BCUT2D eigenvalue weighted by molar-refractivity contribution is 5.76. The number of hydrogen-bond acceptors (Lipinski definition) is 5. The van der Waals surface area contributed by atoms with E-state index in [2.05, 4.69) is 10.4 Å². The van der Waals surface area contributed by atoms with Gasteiger partial charge in [0, 0.05) is 18.5 Å². The number of carbonyl (C=O) groups excluding carboxylic acids is 1. The third-order valence-electron chi connectivity index (χ3n) is 6.91. The summed E-state index contributed by atoms with van der Waals surface area (Å²) in [5, 5.41) is 18.8. The molecule has 1 aliphatic carbocycles. The van der Waals surface area contributed by atoms with Gasteiger partial charge < -0.3 is 10.0 Å². The van der Waals surface area contributed by atoms with Crippen LogP contribution in [0.25, 0.3) is 5.69 Å². The van der Waals surface area contributed by atoms with Gasteiger partial charge in [0.05, 0.1) is 5.60 Å². The van der Waals surface area contributed by atoms with Crippen LogP contribution in [0, 0.1) is 17.6 Å². The Bertz CT molecular complexity index is 1220. The Hall–Kier alpha value is -3.40. The van der Waals surface area contributed by atoms with Gasteiger partial charge in [0.1, 0.15) is 5.69 Å². The van der Waals surface area contributed by atoms with E-state index in [1.165, 1.54) is 6.07 Å². The minimum absolute atomic E-state index is 0.207. The quantitative estimate of drug-likeness (QED) is 0.600. The van der Waals surface area contributed by atoms with Crippen molar-refractivity contribution in [3.8, 4) is 5.69 Å². The Morgan fingerprint density at radius 1 is 1.00 bits per heavy atom. The molecule has 1 aliphatic heterocycles. The molecule has 0 radical (unpaired) electrons. The van der Waals surface area contributed by atoms with Crippen molar-refractivity contribution in [3.05, 3.63) is 76.2 Å². The number of piperidine rings is 1. The molecule has 1 saturated heterocycles. The van der Waals surface area contributed by atoms with E-state index in [4.69, 9.17) is 0 Å². The van der Waals surface area contributed by atoms with Gasteiger partial charge in [0.25, 0.3) is 0 Å². The first kappa shape index (κ1) is 21.4. The van der Waals surface area contributed by atoms with Crippen molar-refractivity contribution in [2.24, 2.45) is 5.92 Å². The van der Waals surface area contributed by atoms with Crippen LogP contribution in [-0.4, -0.2) is 48.4 Å². The predicted octanol–water partition coefficient (Wildman–Crippen LogP) is 2.83. The number of aliphatic hydroxyl groups is 1. The molecule has 1 N–H and O–H groups in total. The summed E-state index contributed by atoms with van der Waals surface area (Å²) in [6.07, 6.45) is 3.53. The Morgan fingerprint density at radius 2 is 1.70 bits per heavy atom. The second kappa shape index (κ2) is 8.18. The zero-order chi connectivity index (χ0) is 23.2. The van der Waals surface area contributed by atoms with Gasteiger partial charge in [0.2, 0.25) is 0 Å². The molecule has 1 saturated carbocycles. The largest absolute Gasteiger partial charge is 0.385 e. The van der Waals surface area contributed by atoms with Crippen LogP contribution in [0.5, 0.6) is 0 Å². The van der Waals surface area contributed by atoms with Crippen LogP contribution in [0.3, 0.4) is 0 Å². The smallest absolute Gasteiger partial charge is 0.377 e. The maximum atomic E-state index is 14.1. The third kappa shape index (κ3) is 3.45. The topological polar surface area (TPSA) is 93.2 Å². The van der Waals surface area contributed by atoms with Crippen molar-refractivity contribution < 1.29 is 18.7 Å². The van der Waals surface area contributed by atoms with Gasteiger partial charge in [-0.3, -0.25) is 0 Å². The summed E-state index contributed by atoms with van der Waals surface area (Å²) < 4.78 is 29.3. The van der Waals surface area contributed by atoms with E-state index >= 15 is 0 Å². The number of rotatable bonds is 2. The van der Waals surface area contributed by atoms with Gasteiger partial charge in [0.15, 0.2) is 11.6 Å². The number of likely N-dealkylation sites (tertiary alicyclic amines) is 1. The predicted molar refractivity (Wildman–Crippen MR) is 114 cm³/mol. The highest BCUT2D eigenvalue weighted by Gasteiger charge is 2.50. The Labute approximate surface area is 188 Å². The van der Waals surface area contributed by atoms with E-state index in [1.54, 1.807) is 4.90 Å². The first-order valence-corrected chi connectivity index (χ1v) is 11.0. The van der Waals surface area contributed by atoms with E-state index in [1.807, 2.05) is 30.3 Å². The minimum atomic E-state index is -1.08. The van der Waals surface area contributed by atoms with E-state index in [0.717, 1.165) is 37.0 Å². The lowest BCUT2D eigenvalue weighted by molar-refractivity contribution is -0.108. The molecule has 8 nitrogen and oxygen atoms in total. The van der Waals surface area contributed by atoms with Gasteiger partial charge in [-0.1, -0.05) is 49.2 Å². The second-order valence-corrected chi connectivity index (χ2v) is 8.63. The molecule has 10 heteroatoms. The van der Waals surface area contributed by atoms with E-state index in [9.17, 15) is 23.5 Å². The first-order valence-electron chi connectivity index (χ1n) is 11.0. The van der Waals surface area contributed by atoms with Crippen LogP contribution in [0.15, 0.2) is 53.3 Å². The zero-order valence-electron chi connectivity index (χ0n) is 17.8. The van der Waals surface area contributed by atoms with Gasteiger partial charge in [-0.05, 0) is 47.4 Å². The molecule has 2 heterocycles. The average Bonchev–Trinajstić information content (AvgIpc) is 3.20. The van der Waals surface area contributed by atoms with Crippen molar-refractivity contribution in [2.75, 3.05) is 6.54 Å². The fourth-order valence-electron chi connectivity index (χ4n) is 5.33. The summed E-state index contributed by atoms with van der Waals surface area (Å²) >= 11 is 0. The molecule has 3 aromatic rings. The van der Waals surface area contributed by atoms with Crippen LogP contribution < -0.4 is 5.69 Å². The van der Waals surface area contributed by atoms with Crippen LogP contribution in [0.1, 0.15) is 37.7 Å². The van der Waals surface area contributed by atoms with E-state index in [0.29, 0.717) is 22.2 Å². The monoisotopic (exact) mass is 455 g/mol. The molecule has 0 bridgehead atoms. The fourth-order valence-corrected chi connectivity index (χ4v) is 5.33. The van der Waals surface area contributed by atoms with Crippen molar-refractivity contribution in [1.82, 2.24) is 24.7 Å². The average molecular weight is 455 g/mol. The highest BCUT2D eigenvalue weighted by atomic mass is 19.1. The number of aromatic nitrogens is 4. The maximum Gasteiger partial charge on any atom is 0.377 e. The molecule has 172 valence electrons. The number of tetrazole rings is 1. The summed E-state index contributed by atoms with van der Waals surface area (Å²) in [7, 11) is 0. The molecule has 2 aliphatic rings. The second-order valence-electron chi connectivity index (χ2n) is 8.63. The Kier molecular flexibility index (Phi) is 5.32. The SMILES string of the molecule is O=C(N1CC[C@](O)(c2ccccc2)[C@@H]2CCCC[C@H]21)n1nnn(-c2c(F)cccc2F)c1=O. The van der Waals surface area contributed by atoms with Gasteiger partial charge in [-0.2, -0.15) is 4.68 Å². The highest BCUT2D eigenvalue weighted by Crippen LogP contribution is 2.47.